The van der Waals surface area contributed by atoms with Gasteiger partial charge in [-0.15, -0.1) is 22.7 Å². The predicted octanol–water partition coefficient (Wildman–Crippen LogP) is 5.32. The Morgan fingerprint density at radius 2 is 2.00 bits per heavy atom. The molecule has 0 spiro atoms. The number of aromatic nitrogens is 2. The Balaban J connectivity index is 1.44. The van der Waals surface area contributed by atoms with Gasteiger partial charge in [-0.2, -0.15) is 13.2 Å². The third-order valence-electron chi connectivity index (χ3n) is 6.18. The topological polar surface area (TPSA) is 88.2 Å². The van der Waals surface area contributed by atoms with Crippen molar-refractivity contribution in [2.45, 2.75) is 25.6 Å². The number of pyridine rings is 1. The normalized spacial score (nSPS) is 13.6. The fourth-order valence-corrected chi connectivity index (χ4v) is 6.64. The first-order valence-corrected chi connectivity index (χ1v) is 13.8. The summed E-state index contributed by atoms with van der Waals surface area (Å²) in [5.41, 5.74) is 2.95. The molecule has 200 valence electrons. The van der Waals surface area contributed by atoms with Crippen LogP contribution in [0.4, 0.5) is 18.2 Å². The second kappa shape index (κ2) is 11.5. The molecule has 0 aliphatic carbocycles. The zero-order valence-corrected chi connectivity index (χ0v) is 22.2. The van der Waals surface area contributed by atoms with Gasteiger partial charge in [0.05, 0.1) is 16.8 Å². The number of nitrogens with one attached hydrogen (secondary N) is 3. The van der Waals surface area contributed by atoms with Gasteiger partial charge < -0.3 is 20.7 Å². The van der Waals surface area contributed by atoms with Crippen molar-refractivity contribution in [3.8, 4) is 21.7 Å². The summed E-state index contributed by atoms with van der Waals surface area (Å²) in [6, 6.07) is 8.09. The SMILES string of the molecule is COCCNCCC(=O)Nc1sc2c(c1-c1nc3cc(-c4ccnc(C(F)(F)F)c4)ccc3s1)CCNC2. The highest BCUT2D eigenvalue weighted by atomic mass is 32.1. The van der Waals surface area contributed by atoms with Gasteiger partial charge in [0.2, 0.25) is 5.91 Å². The molecule has 0 saturated carbocycles. The lowest BCUT2D eigenvalue weighted by Gasteiger charge is -2.13. The lowest BCUT2D eigenvalue weighted by Crippen LogP contribution is -2.24. The summed E-state index contributed by atoms with van der Waals surface area (Å²) >= 11 is 3.08. The number of halogens is 3. The van der Waals surface area contributed by atoms with Crippen LogP contribution in [-0.2, 0) is 28.7 Å². The van der Waals surface area contributed by atoms with Crippen molar-refractivity contribution in [2.24, 2.45) is 0 Å². The Hall–Kier alpha value is -2.90. The number of carbonyl (C=O) groups excluding carboxylic acids is 1. The summed E-state index contributed by atoms with van der Waals surface area (Å²) in [6.45, 7) is 3.39. The van der Waals surface area contributed by atoms with Gasteiger partial charge in [0.15, 0.2) is 0 Å². The summed E-state index contributed by atoms with van der Waals surface area (Å²) in [5, 5.41) is 11.2. The molecule has 4 aromatic rings. The molecule has 1 amide bonds. The van der Waals surface area contributed by atoms with E-state index in [1.807, 2.05) is 6.07 Å². The van der Waals surface area contributed by atoms with Crippen LogP contribution in [0, 0.1) is 0 Å². The van der Waals surface area contributed by atoms with Gasteiger partial charge in [-0.3, -0.25) is 9.78 Å². The number of ether oxygens (including phenoxy) is 1. The molecule has 7 nitrogen and oxygen atoms in total. The third kappa shape index (κ3) is 5.89. The first-order valence-electron chi connectivity index (χ1n) is 12.1. The first kappa shape index (κ1) is 26.7. The molecular weight excluding hydrogens is 535 g/mol. The van der Waals surface area contributed by atoms with E-state index in [4.69, 9.17) is 9.72 Å². The number of hydrogen-bond donors (Lipinski definition) is 3. The number of methoxy groups -OCH3 is 1. The van der Waals surface area contributed by atoms with Gasteiger partial charge >= 0.3 is 6.18 Å². The number of hydrogen-bond acceptors (Lipinski definition) is 8. The average Bonchev–Trinajstić information content (AvgIpc) is 3.48. The minimum Gasteiger partial charge on any atom is -0.383 e. The van der Waals surface area contributed by atoms with E-state index in [-0.39, 0.29) is 5.91 Å². The van der Waals surface area contributed by atoms with E-state index in [2.05, 4.69) is 20.9 Å². The van der Waals surface area contributed by atoms with E-state index in [9.17, 15) is 18.0 Å². The largest absolute Gasteiger partial charge is 0.433 e. The molecule has 0 atom stereocenters. The number of carbonyl (C=O) groups is 1. The quantitative estimate of drug-likeness (QED) is 0.240. The summed E-state index contributed by atoms with van der Waals surface area (Å²) in [7, 11) is 1.63. The van der Waals surface area contributed by atoms with Gasteiger partial charge in [-0.1, -0.05) is 6.07 Å². The first-order chi connectivity index (χ1) is 18.3. The molecule has 4 heterocycles. The number of amides is 1. The molecule has 0 radical (unpaired) electrons. The van der Waals surface area contributed by atoms with Crippen molar-refractivity contribution in [2.75, 3.05) is 38.7 Å². The zero-order valence-electron chi connectivity index (χ0n) is 20.6. The van der Waals surface area contributed by atoms with E-state index < -0.39 is 11.9 Å². The van der Waals surface area contributed by atoms with E-state index >= 15 is 0 Å². The molecule has 12 heteroatoms. The van der Waals surface area contributed by atoms with Crippen LogP contribution in [0.25, 0.3) is 31.9 Å². The molecular formula is C26H26F3N5O2S2. The Morgan fingerprint density at radius 1 is 1.16 bits per heavy atom. The Labute approximate surface area is 225 Å². The van der Waals surface area contributed by atoms with Crippen LogP contribution in [0.3, 0.4) is 0 Å². The van der Waals surface area contributed by atoms with Crippen LogP contribution in [0.5, 0.6) is 0 Å². The predicted molar refractivity (Wildman–Crippen MR) is 145 cm³/mol. The Kier molecular flexibility index (Phi) is 8.05. The van der Waals surface area contributed by atoms with Crippen LogP contribution in [0.1, 0.15) is 22.6 Å². The number of thiophene rings is 1. The van der Waals surface area contributed by atoms with Crippen molar-refractivity contribution >= 4 is 43.8 Å². The third-order valence-corrected chi connectivity index (χ3v) is 8.38. The van der Waals surface area contributed by atoms with Crippen LogP contribution < -0.4 is 16.0 Å². The number of anilines is 1. The van der Waals surface area contributed by atoms with Gasteiger partial charge in [-0.05, 0) is 53.9 Å². The highest BCUT2D eigenvalue weighted by molar-refractivity contribution is 7.23. The van der Waals surface area contributed by atoms with Crippen LogP contribution in [0.2, 0.25) is 0 Å². The van der Waals surface area contributed by atoms with E-state index in [0.29, 0.717) is 42.8 Å². The number of fused-ring (bicyclic) bond motifs is 2. The number of nitrogens with zero attached hydrogens (tertiary/aromatic N) is 2. The van der Waals surface area contributed by atoms with E-state index in [1.165, 1.54) is 28.0 Å². The number of thiazole rings is 1. The van der Waals surface area contributed by atoms with Crippen molar-refractivity contribution < 1.29 is 22.7 Å². The van der Waals surface area contributed by atoms with Crippen molar-refractivity contribution in [3.05, 3.63) is 52.7 Å². The number of alkyl halides is 3. The highest BCUT2D eigenvalue weighted by Crippen LogP contribution is 2.45. The standard InChI is InChI=1S/C26H26F3N5O2S2/c1-36-11-10-30-8-6-22(35)34-25-23(17-5-7-31-14-20(17)38-25)24-33-18-12-15(2-3-19(18)37-24)16-4-9-32-21(13-16)26(27,28)29/h2-4,9,12-13,30-31H,5-8,10-11,14H2,1H3,(H,34,35). The molecule has 0 saturated heterocycles. The smallest absolute Gasteiger partial charge is 0.383 e. The van der Waals surface area contributed by atoms with Gasteiger partial charge in [0.25, 0.3) is 0 Å². The van der Waals surface area contributed by atoms with E-state index in [0.717, 1.165) is 45.8 Å². The minimum atomic E-state index is -4.51. The summed E-state index contributed by atoms with van der Waals surface area (Å²) < 4.78 is 45.4. The van der Waals surface area contributed by atoms with Crippen LogP contribution in [-0.4, -0.2) is 49.2 Å². The summed E-state index contributed by atoms with van der Waals surface area (Å²) in [4.78, 5) is 22.2. The number of rotatable bonds is 9. The molecule has 3 aromatic heterocycles. The van der Waals surface area contributed by atoms with Crippen LogP contribution in [0.15, 0.2) is 36.5 Å². The lowest BCUT2D eigenvalue weighted by molar-refractivity contribution is -0.141. The van der Waals surface area contributed by atoms with Crippen molar-refractivity contribution in [1.82, 2.24) is 20.6 Å². The van der Waals surface area contributed by atoms with Crippen LogP contribution >= 0.6 is 22.7 Å². The molecule has 0 fully saturated rings. The summed E-state index contributed by atoms with van der Waals surface area (Å²) in [6.07, 6.45) is -2.18. The minimum absolute atomic E-state index is 0.0794. The van der Waals surface area contributed by atoms with Crippen molar-refractivity contribution in [3.63, 3.8) is 0 Å². The lowest BCUT2D eigenvalue weighted by atomic mass is 10.0. The fourth-order valence-electron chi connectivity index (χ4n) is 4.32. The maximum atomic E-state index is 13.2. The highest BCUT2D eigenvalue weighted by Gasteiger charge is 2.32. The molecule has 0 unspecified atom stereocenters. The molecule has 3 N–H and O–H groups in total. The second-order valence-electron chi connectivity index (χ2n) is 8.80. The molecule has 5 rings (SSSR count). The monoisotopic (exact) mass is 561 g/mol. The van der Waals surface area contributed by atoms with Gasteiger partial charge in [0.1, 0.15) is 15.7 Å². The summed E-state index contributed by atoms with van der Waals surface area (Å²) in [5.74, 6) is -0.0794. The molecule has 1 aliphatic rings. The molecule has 1 aromatic carbocycles. The average molecular weight is 562 g/mol. The molecule has 38 heavy (non-hydrogen) atoms. The fraction of sp³-hybridized carbons (Fsp3) is 0.346. The Morgan fingerprint density at radius 3 is 2.82 bits per heavy atom. The molecule has 0 bridgehead atoms. The maximum Gasteiger partial charge on any atom is 0.433 e. The zero-order chi connectivity index (χ0) is 26.7. The number of benzene rings is 1. The Bertz CT molecular complexity index is 1450. The molecule has 1 aliphatic heterocycles. The van der Waals surface area contributed by atoms with Crippen molar-refractivity contribution in [1.29, 1.82) is 0 Å². The van der Waals surface area contributed by atoms with Gasteiger partial charge in [-0.25, -0.2) is 4.98 Å². The van der Waals surface area contributed by atoms with Gasteiger partial charge in [0, 0.05) is 49.8 Å². The second-order valence-corrected chi connectivity index (χ2v) is 10.9. The van der Waals surface area contributed by atoms with E-state index in [1.54, 1.807) is 36.6 Å². The maximum absolute atomic E-state index is 13.2.